The number of amides is 1. The number of fused-ring (bicyclic) bond motifs is 1. The smallest absolute Gasteiger partial charge is 0.267 e. The van der Waals surface area contributed by atoms with Crippen LogP contribution in [0.2, 0.25) is 5.02 Å². The first-order valence-corrected chi connectivity index (χ1v) is 12.8. The highest BCUT2D eigenvalue weighted by molar-refractivity contribution is 7.98. The van der Waals surface area contributed by atoms with E-state index in [9.17, 15) is 13.2 Å². The molecule has 1 aliphatic heterocycles. The van der Waals surface area contributed by atoms with Gasteiger partial charge in [0.1, 0.15) is 5.75 Å². The van der Waals surface area contributed by atoms with Gasteiger partial charge in [-0.25, -0.2) is 8.42 Å². The summed E-state index contributed by atoms with van der Waals surface area (Å²) in [5.41, 5.74) is 1.88. The predicted octanol–water partition coefficient (Wildman–Crippen LogP) is 4.97. The van der Waals surface area contributed by atoms with Gasteiger partial charge in [-0.2, -0.15) is 0 Å². The van der Waals surface area contributed by atoms with E-state index in [4.69, 9.17) is 16.3 Å². The molecule has 1 unspecified atom stereocenters. The number of carbonyl (C=O) groups excluding carboxylic acids is 1. The average Bonchev–Trinajstić information content (AvgIpc) is 2.79. The Bertz CT molecular complexity index is 1260. The van der Waals surface area contributed by atoms with Crippen LogP contribution in [0.15, 0.2) is 76.5 Å². The van der Waals surface area contributed by atoms with Crippen LogP contribution in [-0.4, -0.2) is 33.2 Å². The lowest BCUT2D eigenvalue weighted by Crippen LogP contribution is -2.48. The SMILES string of the molecule is CSc1ccccc1NC(=O)C1CN(S(=O)(=O)c2ccc(C)cc2)c2cc(Cl)ccc2O1. The molecule has 1 amide bonds. The Balaban J connectivity index is 1.70. The van der Waals surface area contributed by atoms with Gasteiger partial charge in [0, 0.05) is 9.92 Å². The molecule has 3 aromatic rings. The van der Waals surface area contributed by atoms with Gasteiger partial charge in [-0.15, -0.1) is 11.8 Å². The van der Waals surface area contributed by atoms with Crippen molar-refractivity contribution in [2.24, 2.45) is 0 Å². The lowest BCUT2D eigenvalue weighted by molar-refractivity contribution is -0.122. The van der Waals surface area contributed by atoms with Gasteiger partial charge in [0.05, 0.1) is 22.8 Å². The van der Waals surface area contributed by atoms with Crippen molar-refractivity contribution < 1.29 is 17.9 Å². The van der Waals surface area contributed by atoms with E-state index in [1.54, 1.807) is 42.5 Å². The Labute approximate surface area is 196 Å². The minimum atomic E-state index is -3.95. The number of para-hydroxylation sites is 1. The summed E-state index contributed by atoms with van der Waals surface area (Å²) in [7, 11) is -3.95. The van der Waals surface area contributed by atoms with Crippen LogP contribution in [0.3, 0.4) is 0 Å². The second-order valence-corrected chi connectivity index (χ2v) is 10.4. The van der Waals surface area contributed by atoms with Crippen molar-refractivity contribution in [3.8, 4) is 5.75 Å². The number of thioether (sulfide) groups is 1. The van der Waals surface area contributed by atoms with Gasteiger partial charge in [-0.05, 0) is 55.6 Å². The predicted molar refractivity (Wildman–Crippen MR) is 128 cm³/mol. The van der Waals surface area contributed by atoms with E-state index in [0.29, 0.717) is 16.4 Å². The zero-order valence-corrected chi connectivity index (χ0v) is 19.8. The third-order valence-corrected chi connectivity index (χ3v) is 7.88. The number of carbonyl (C=O) groups is 1. The zero-order valence-electron chi connectivity index (χ0n) is 17.4. The van der Waals surface area contributed by atoms with E-state index in [0.717, 1.165) is 10.5 Å². The number of ether oxygens (including phenoxy) is 1. The van der Waals surface area contributed by atoms with E-state index in [2.05, 4.69) is 5.32 Å². The van der Waals surface area contributed by atoms with Crippen molar-refractivity contribution in [2.45, 2.75) is 22.8 Å². The Morgan fingerprint density at radius 1 is 1.12 bits per heavy atom. The molecule has 1 atom stereocenters. The number of anilines is 2. The van der Waals surface area contributed by atoms with Gasteiger partial charge < -0.3 is 10.1 Å². The summed E-state index contributed by atoms with van der Waals surface area (Å²) >= 11 is 7.64. The fraction of sp³-hybridized carbons (Fsp3) is 0.174. The summed E-state index contributed by atoms with van der Waals surface area (Å²) < 4.78 is 34.1. The molecule has 1 heterocycles. The second kappa shape index (κ2) is 9.05. The first-order chi connectivity index (χ1) is 15.3. The Morgan fingerprint density at radius 3 is 2.56 bits per heavy atom. The highest BCUT2D eigenvalue weighted by Gasteiger charge is 2.38. The van der Waals surface area contributed by atoms with Crippen molar-refractivity contribution in [1.29, 1.82) is 0 Å². The normalized spacial score (nSPS) is 15.6. The first-order valence-electron chi connectivity index (χ1n) is 9.79. The summed E-state index contributed by atoms with van der Waals surface area (Å²) in [6, 6.07) is 18.7. The van der Waals surface area contributed by atoms with E-state index >= 15 is 0 Å². The number of halogens is 1. The molecule has 1 aliphatic rings. The monoisotopic (exact) mass is 488 g/mol. The van der Waals surface area contributed by atoms with Crippen LogP contribution in [0.25, 0.3) is 0 Å². The molecule has 0 aliphatic carbocycles. The number of nitrogens with one attached hydrogen (secondary N) is 1. The van der Waals surface area contributed by atoms with Gasteiger partial charge in [-0.3, -0.25) is 9.10 Å². The molecular formula is C23H21ClN2O4S2. The van der Waals surface area contributed by atoms with Gasteiger partial charge in [0.25, 0.3) is 15.9 Å². The minimum Gasteiger partial charge on any atom is -0.476 e. The molecule has 0 fully saturated rings. The fourth-order valence-electron chi connectivity index (χ4n) is 3.39. The zero-order chi connectivity index (χ0) is 22.9. The maximum Gasteiger partial charge on any atom is 0.267 e. The molecule has 32 heavy (non-hydrogen) atoms. The molecule has 4 rings (SSSR count). The van der Waals surface area contributed by atoms with Crippen molar-refractivity contribution in [2.75, 3.05) is 22.4 Å². The largest absolute Gasteiger partial charge is 0.476 e. The summed E-state index contributed by atoms with van der Waals surface area (Å²) in [6.45, 7) is 1.70. The molecule has 0 spiro atoms. The molecule has 1 N–H and O–H groups in total. The van der Waals surface area contributed by atoms with Crippen LogP contribution in [0, 0.1) is 6.92 Å². The third-order valence-electron chi connectivity index (χ3n) is 5.06. The van der Waals surface area contributed by atoms with Crippen LogP contribution < -0.4 is 14.4 Å². The van der Waals surface area contributed by atoms with Gasteiger partial charge in [0.15, 0.2) is 6.10 Å². The van der Waals surface area contributed by atoms with Crippen LogP contribution in [0.5, 0.6) is 5.75 Å². The number of sulfonamides is 1. The van der Waals surface area contributed by atoms with Crippen molar-refractivity contribution >= 4 is 50.7 Å². The van der Waals surface area contributed by atoms with Gasteiger partial charge in [-0.1, -0.05) is 41.4 Å². The standard InChI is InChI=1S/C23H21ClN2O4S2/c1-15-7-10-17(11-8-15)32(28,29)26-14-21(30-20-12-9-16(24)13-19(20)26)23(27)25-18-5-3-4-6-22(18)31-2/h3-13,21H,14H2,1-2H3,(H,25,27). The lowest BCUT2D eigenvalue weighted by Gasteiger charge is -2.35. The number of aryl methyl sites for hydroxylation is 1. The molecule has 0 aromatic heterocycles. The number of hydrogen-bond acceptors (Lipinski definition) is 5. The quantitative estimate of drug-likeness (QED) is 0.513. The van der Waals surface area contributed by atoms with Crippen LogP contribution >= 0.6 is 23.4 Å². The Morgan fingerprint density at radius 2 is 1.84 bits per heavy atom. The summed E-state index contributed by atoms with van der Waals surface area (Å²) in [6.07, 6.45) is 0.872. The maximum absolute atomic E-state index is 13.5. The molecule has 9 heteroatoms. The van der Waals surface area contributed by atoms with E-state index < -0.39 is 22.0 Å². The third kappa shape index (κ3) is 4.44. The second-order valence-electron chi connectivity index (χ2n) is 7.26. The average molecular weight is 489 g/mol. The highest BCUT2D eigenvalue weighted by atomic mass is 35.5. The summed E-state index contributed by atoms with van der Waals surface area (Å²) in [5.74, 6) is -0.161. The molecule has 0 radical (unpaired) electrons. The fourth-order valence-corrected chi connectivity index (χ4v) is 5.57. The highest BCUT2D eigenvalue weighted by Crippen LogP contribution is 2.39. The van der Waals surface area contributed by atoms with E-state index in [-0.39, 0.29) is 17.2 Å². The topological polar surface area (TPSA) is 75.7 Å². The molecule has 166 valence electrons. The molecule has 0 saturated carbocycles. The van der Waals surface area contributed by atoms with Crippen LogP contribution in [0.1, 0.15) is 5.56 Å². The Kier molecular flexibility index (Phi) is 6.37. The molecule has 3 aromatic carbocycles. The summed E-state index contributed by atoms with van der Waals surface area (Å²) in [4.78, 5) is 14.1. The van der Waals surface area contributed by atoms with Crippen molar-refractivity contribution in [3.63, 3.8) is 0 Å². The van der Waals surface area contributed by atoms with E-state index in [1.165, 1.54) is 22.1 Å². The molecule has 0 bridgehead atoms. The lowest BCUT2D eigenvalue weighted by atomic mass is 10.2. The van der Waals surface area contributed by atoms with Crippen molar-refractivity contribution in [1.82, 2.24) is 0 Å². The molecule has 0 saturated heterocycles. The van der Waals surface area contributed by atoms with Crippen molar-refractivity contribution in [3.05, 3.63) is 77.3 Å². The number of nitrogens with zero attached hydrogens (tertiary/aromatic N) is 1. The minimum absolute atomic E-state index is 0.128. The first kappa shape index (κ1) is 22.5. The van der Waals surface area contributed by atoms with Crippen LogP contribution in [-0.2, 0) is 14.8 Å². The van der Waals surface area contributed by atoms with Crippen LogP contribution in [0.4, 0.5) is 11.4 Å². The number of hydrogen-bond donors (Lipinski definition) is 1. The maximum atomic E-state index is 13.5. The number of rotatable bonds is 5. The molecular weight excluding hydrogens is 468 g/mol. The number of benzene rings is 3. The van der Waals surface area contributed by atoms with E-state index in [1.807, 2.05) is 31.4 Å². The van der Waals surface area contributed by atoms with Gasteiger partial charge >= 0.3 is 0 Å². The van der Waals surface area contributed by atoms with Gasteiger partial charge in [0.2, 0.25) is 0 Å². The summed E-state index contributed by atoms with van der Waals surface area (Å²) in [5, 5.41) is 3.23. The molecule has 6 nitrogen and oxygen atoms in total. The Hall–Kier alpha value is -2.68.